The number of rotatable bonds is 2. The molecular weight excluding hydrogens is 124 g/mol. The normalized spacial score (nSPS) is 9.29. The summed E-state index contributed by atoms with van der Waals surface area (Å²) < 4.78 is 0. The Balaban J connectivity index is 3.00. The maximum Gasteiger partial charge on any atom is 0.182 e. The first kappa shape index (κ1) is 7.24. The molecule has 1 nitrogen and oxygen atoms in total. The molecule has 0 radical (unpaired) electrons. The Bertz CT molecular complexity index is 64.7. The minimum Gasteiger partial charge on any atom is -0.288 e. The van der Waals surface area contributed by atoms with Crippen LogP contribution in [-0.2, 0) is 4.79 Å². The van der Waals surface area contributed by atoms with E-state index in [0.717, 1.165) is 22.2 Å². The summed E-state index contributed by atoms with van der Waals surface area (Å²) in [6.07, 6.45) is 1.75. The highest BCUT2D eigenvalue weighted by atomic mass is 32.4. The molecule has 0 aliphatic heterocycles. The second-order valence-corrected chi connectivity index (χ2v) is 3.41. The van der Waals surface area contributed by atoms with E-state index in [1.807, 2.05) is 6.92 Å². The third-order valence-corrected chi connectivity index (χ3v) is 2.71. The Hall–Kier alpha value is 0.237. The molecule has 0 aromatic heterocycles. The second kappa shape index (κ2) is 4.40. The fourth-order valence-corrected chi connectivity index (χ4v) is 1.33. The summed E-state index contributed by atoms with van der Waals surface area (Å²) in [4.78, 5) is 10.4. The molecule has 0 amide bonds. The lowest BCUT2D eigenvalue weighted by molar-refractivity contribution is -0.110. The molecule has 0 aliphatic carbocycles. The first-order valence-electron chi connectivity index (χ1n) is 2.38. The van der Waals surface area contributed by atoms with E-state index < -0.39 is 0 Å². The van der Waals surface area contributed by atoms with E-state index >= 15 is 0 Å². The van der Waals surface area contributed by atoms with Gasteiger partial charge in [-0.15, -0.1) is 11.2 Å². The summed E-state index contributed by atoms with van der Waals surface area (Å²) in [7, 11) is 0.954. The lowest BCUT2D eigenvalue weighted by Crippen LogP contribution is -1.86. The van der Waals surface area contributed by atoms with Gasteiger partial charge in [-0.05, 0) is 6.42 Å². The molecule has 0 N–H and O–H groups in total. The van der Waals surface area contributed by atoms with Gasteiger partial charge in [-0.25, -0.2) is 0 Å². The van der Waals surface area contributed by atoms with Crippen molar-refractivity contribution in [2.24, 2.45) is 0 Å². The molecule has 3 heteroatoms. The predicted molar refractivity (Wildman–Crippen MR) is 37.4 cm³/mol. The zero-order chi connectivity index (χ0) is 5.70. The Labute approximate surface area is 50.9 Å². The summed E-state index contributed by atoms with van der Waals surface area (Å²) in [5.41, 5.74) is 0. The van der Waals surface area contributed by atoms with Crippen LogP contribution in [0.15, 0.2) is 0 Å². The van der Waals surface area contributed by atoms with Crippen LogP contribution >= 0.6 is 11.2 Å². The Morgan fingerprint density at radius 1 is 1.86 bits per heavy atom. The zero-order valence-electron chi connectivity index (χ0n) is 4.73. The molecule has 0 saturated heterocycles. The molecule has 0 fully saturated rings. The SMILES string of the molecule is CCCC(=O)S[SiH3]. The van der Waals surface area contributed by atoms with E-state index in [1.165, 1.54) is 11.2 Å². The van der Waals surface area contributed by atoms with Gasteiger partial charge in [0.05, 0.1) is 9.39 Å². The standard InChI is InChI=1S/C4H10OSSi/c1-2-3-4(5)6-7/h2-3H2,1,7H3. The molecule has 0 spiro atoms. The van der Waals surface area contributed by atoms with Crippen molar-refractivity contribution in [3.8, 4) is 0 Å². The number of carbonyl (C=O) groups excluding carboxylic acids is 1. The fourth-order valence-electron chi connectivity index (χ4n) is 0.306. The van der Waals surface area contributed by atoms with Crippen molar-refractivity contribution in [1.82, 2.24) is 0 Å². The molecule has 0 aromatic rings. The van der Waals surface area contributed by atoms with Crippen LogP contribution in [0.3, 0.4) is 0 Å². The molecule has 0 bridgehead atoms. The van der Waals surface area contributed by atoms with E-state index in [2.05, 4.69) is 0 Å². The lowest BCUT2D eigenvalue weighted by Gasteiger charge is -1.87. The van der Waals surface area contributed by atoms with E-state index in [0.29, 0.717) is 5.12 Å². The van der Waals surface area contributed by atoms with Gasteiger partial charge < -0.3 is 0 Å². The molecule has 0 saturated carbocycles. The van der Waals surface area contributed by atoms with Crippen LogP contribution in [0.4, 0.5) is 0 Å². The molecule has 0 unspecified atom stereocenters. The number of hydrogen-bond donors (Lipinski definition) is 0. The first-order chi connectivity index (χ1) is 3.31. The number of carbonyl (C=O) groups is 1. The Kier molecular flexibility index (Phi) is 4.55. The first-order valence-corrected chi connectivity index (χ1v) is 6.05. The van der Waals surface area contributed by atoms with Gasteiger partial charge in [0.15, 0.2) is 5.12 Å². The van der Waals surface area contributed by atoms with Gasteiger partial charge in [-0.1, -0.05) is 6.92 Å². The maximum atomic E-state index is 10.4. The van der Waals surface area contributed by atoms with Crippen molar-refractivity contribution in [2.45, 2.75) is 19.8 Å². The Morgan fingerprint density at radius 2 is 2.43 bits per heavy atom. The van der Waals surface area contributed by atoms with Crippen molar-refractivity contribution < 1.29 is 4.79 Å². The van der Waals surface area contributed by atoms with Gasteiger partial charge in [-0.2, -0.15) is 0 Å². The van der Waals surface area contributed by atoms with Crippen LogP contribution in [0.25, 0.3) is 0 Å². The van der Waals surface area contributed by atoms with Gasteiger partial charge >= 0.3 is 0 Å². The summed E-state index contributed by atoms with van der Waals surface area (Å²) in [5.74, 6) is 0. The van der Waals surface area contributed by atoms with Crippen molar-refractivity contribution in [3.63, 3.8) is 0 Å². The highest BCUT2D eigenvalue weighted by Gasteiger charge is 1.91. The molecule has 7 heavy (non-hydrogen) atoms. The van der Waals surface area contributed by atoms with Crippen LogP contribution in [-0.4, -0.2) is 14.5 Å². The van der Waals surface area contributed by atoms with Gasteiger partial charge in [0.1, 0.15) is 0 Å². The van der Waals surface area contributed by atoms with Crippen LogP contribution in [0.1, 0.15) is 19.8 Å². The van der Waals surface area contributed by atoms with Gasteiger partial charge in [0.25, 0.3) is 0 Å². The van der Waals surface area contributed by atoms with Crippen molar-refractivity contribution in [3.05, 3.63) is 0 Å². The Morgan fingerprint density at radius 3 is 2.57 bits per heavy atom. The van der Waals surface area contributed by atoms with Crippen molar-refractivity contribution in [2.75, 3.05) is 0 Å². The third kappa shape index (κ3) is 4.08. The van der Waals surface area contributed by atoms with Gasteiger partial charge in [-0.3, -0.25) is 4.79 Å². The van der Waals surface area contributed by atoms with Crippen molar-refractivity contribution >= 4 is 25.7 Å². The van der Waals surface area contributed by atoms with E-state index in [4.69, 9.17) is 0 Å². The minimum atomic E-state index is 0.356. The molecule has 0 aromatic carbocycles. The zero-order valence-corrected chi connectivity index (χ0v) is 7.55. The molecule has 0 rings (SSSR count). The summed E-state index contributed by atoms with van der Waals surface area (Å²) in [6.45, 7) is 2.02. The largest absolute Gasteiger partial charge is 0.288 e. The molecule has 42 valence electrons. The number of hydrogen-bond acceptors (Lipinski definition) is 2. The maximum absolute atomic E-state index is 10.4. The molecule has 0 aliphatic rings. The molecule has 0 atom stereocenters. The average molecular weight is 134 g/mol. The highest BCUT2D eigenvalue weighted by Crippen LogP contribution is 1.99. The van der Waals surface area contributed by atoms with Gasteiger partial charge in [0, 0.05) is 6.42 Å². The van der Waals surface area contributed by atoms with E-state index in [9.17, 15) is 4.79 Å². The minimum absolute atomic E-state index is 0.356. The summed E-state index contributed by atoms with van der Waals surface area (Å²) >= 11 is 1.45. The quantitative estimate of drug-likeness (QED) is 0.506. The average Bonchev–Trinajstić information content (AvgIpc) is 1.68. The van der Waals surface area contributed by atoms with Crippen LogP contribution in [0.5, 0.6) is 0 Å². The van der Waals surface area contributed by atoms with Crippen LogP contribution < -0.4 is 0 Å². The van der Waals surface area contributed by atoms with Crippen molar-refractivity contribution in [1.29, 1.82) is 0 Å². The summed E-state index contributed by atoms with van der Waals surface area (Å²) in [6, 6.07) is 0. The van der Waals surface area contributed by atoms with Crippen LogP contribution in [0.2, 0.25) is 0 Å². The third-order valence-electron chi connectivity index (χ3n) is 0.682. The van der Waals surface area contributed by atoms with Crippen LogP contribution in [0, 0.1) is 0 Å². The molecular formula is C4H10OSSi. The van der Waals surface area contributed by atoms with Gasteiger partial charge in [0.2, 0.25) is 0 Å². The fraction of sp³-hybridized carbons (Fsp3) is 0.750. The second-order valence-electron chi connectivity index (χ2n) is 1.33. The lowest BCUT2D eigenvalue weighted by atomic mass is 10.4. The molecule has 0 heterocycles. The summed E-state index contributed by atoms with van der Waals surface area (Å²) in [5, 5.41) is 0.356. The van der Waals surface area contributed by atoms with E-state index in [1.54, 1.807) is 0 Å². The van der Waals surface area contributed by atoms with E-state index in [-0.39, 0.29) is 0 Å². The predicted octanol–water partition coefficient (Wildman–Crippen LogP) is 0.327. The highest BCUT2D eigenvalue weighted by molar-refractivity contribution is 8.31. The smallest absolute Gasteiger partial charge is 0.182 e. The topological polar surface area (TPSA) is 17.1 Å². The monoisotopic (exact) mass is 134 g/mol.